The predicted molar refractivity (Wildman–Crippen MR) is 61.6 cm³/mol. The van der Waals surface area contributed by atoms with Gasteiger partial charge in [-0.3, -0.25) is 4.79 Å². The van der Waals surface area contributed by atoms with Crippen LogP contribution in [0.1, 0.15) is 29.8 Å². The lowest BCUT2D eigenvalue weighted by atomic mass is 9.96. The monoisotopic (exact) mass is 246 g/mol. The number of benzene rings is 1. The average molecular weight is 247 g/mol. The fourth-order valence-electron chi connectivity index (χ4n) is 1.30. The van der Waals surface area contributed by atoms with Crippen molar-refractivity contribution in [2.75, 3.05) is 0 Å². The molecular formula is C11H12Cl2O2. The molecule has 0 fully saturated rings. The minimum Gasteiger partial charge on any atom is -0.392 e. The van der Waals surface area contributed by atoms with Gasteiger partial charge in [-0.2, -0.15) is 0 Å². The van der Waals surface area contributed by atoms with Crippen molar-refractivity contribution < 1.29 is 9.90 Å². The zero-order valence-corrected chi connectivity index (χ0v) is 10.1. The molecule has 0 radical (unpaired) electrons. The normalized spacial score (nSPS) is 10.8. The van der Waals surface area contributed by atoms with E-state index in [0.29, 0.717) is 21.2 Å². The van der Waals surface area contributed by atoms with Crippen LogP contribution in [0.25, 0.3) is 0 Å². The Hall–Kier alpha value is -0.570. The number of halogens is 2. The highest BCUT2D eigenvalue weighted by Gasteiger charge is 2.19. The lowest BCUT2D eigenvalue weighted by Gasteiger charge is -2.12. The number of aliphatic hydroxyl groups excluding tert-OH is 1. The number of rotatable bonds is 3. The molecule has 1 rings (SSSR count). The standard InChI is InChI=1S/C11H12Cl2O2/c1-6(2)11(15)10-7(5-14)8(12)3-4-9(10)13/h3-4,6,14H,5H2,1-2H3. The Labute approximate surface area is 98.8 Å². The van der Waals surface area contributed by atoms with Crippen molar-refractivity contribution in [1.82, 2.24) is 0 Å². The summed E-state index contributed by atoms with van der Waals surface area (Å²) in [4.78, 5) is 11.8. The van der Waals surface area contributed by atoms with E-state index in [2.05, 4.69) is 0 Å². The largest absolute Gasteiger partial charge is 0.392 e. The molecule has 1 aromatic carbocycles. The predicted octanol–water partition coefficient (Wildman–Crippen LogP) is 3.32. The number of Topliss-reactive ketones (excluding diaryl/α,β-unsaturated/α-hetero) is 1. The van der Waals surface area contributed by atoms with Crippen LogP contribution < -0.4 is 0 Å². The van der Waals surface area contributed by atoms with Crippen LogP contribution >= 0.6 is 23.2 Å². The fourth-order valence-corrected chi connectivity index (χ4v) is 1.79. The van der Waals surface area contributed by atoms with E-state index in [1.54, 1.807) is 26.0 Å². The summed E-state index contributed by atoms with van der Waals surface area (Å²) in [6, 6.07) is 3.14. The highest BCUT2D eigenvalue weighted by atomic mass is 35.5. The second-order valence-corrected chi connectivity index (χ2v) is 4.37. The molecule has 0 aliphatic carbocycles. The van der Waals surface area contributed by atoms with E-state index in [1.807, 2.05) is 0 Å². The van der Waals surface area contributed by atoms with Crippen LogP contribution in [0.3, 0.4) is 0 Å². The third-order valence-electron chi connectivity index (χ3n) is 2.13. The molecule has 0 heterocycles. The molecule has 15 heavy (non-hydrogen) atoms. The molecule has 0 aliphatic heterocycles. The summed E-state index contributed by atoms with van der Waals surface area (Å²) in [5.74, 6) is -0.280. The van der Waals surface area contributed by atoms with Gasteiger partial charge >= 0.3 is 0 Å². The molecule has 0 atom stereocenters. The maximum Gasteiger partial charge on any atom is 0.167 e. The molecule has 2 nitrogen and oxygen atoms in total. The summed E-state index contributed by atoms with van der Waals surface area (Å²) in [5.41, 5.74) is 0.740. The van der Waals surface area contributed by atoms with Gasteiger partial charge in [0.05, 0.1) is 11.6 Å². The van der Waals surface area contributed by atoms with Crippen LogP contribution in [-0.4, -0.2) is 10.9 Å². The summed E-state index contributed by atoms with van der Waals surface area (Å²) in [5, 5.41) is 9.86. The summed E-state index contributed by atoms with van der Waals surface area (Å²) in [6.45, 7) is 3.27. The molecule has 1 N–H and O–H groups in total. The second-order valence-electron chi connectivity index (χ2n) is 3.56. The Balaban J connectivity index is 3.37. The maximum atomic E-state index is 11.8. The van der Waals surface area contributed by atoms with Gasteiger partial charge in [-0.05, 0) is 12.1 Å². The molecular weight excluding hydrogens is 235 g/mol. The van der Waals surface area contributed by atoms with Crippen molar-refractivity contribution in [3.05, 3.63) is 33.3 Å². The van der Waals surface area contributed by atoms with Gasteiger partial charge < -0.3 is 5.11 Å². The van der Waals surface area contributed by atoms with Crippen molar-refractivity contribution >= 4 is 29.0 Å². The zero-order chi connectivity index (χ0) is 11.6. The molecule has 0 aromatic heterocycles. The van der Waals surface area contributed by atoms with Crippen molar-refractivity contribution in [2.24, 2.45) is 5.92 Å². The molecule has 4 heteroatoms. The van der Waals surface area contributed by atoms with Gasteiger partial charge in [0.2, 0.25) is 0 Å². The van der Waals surface area contributed by atoms with Crippen molar-refractivity contribution in [1.29, 1.82) is 0 Å². The summed E-state index contributed by atoms with van der Waals surface area (Å²) in [6.07, 6.45) is 0. The van der Waals surface area contributed by atoms with E-state index < -0.39 is 0 Å². The summed E-state index contributed by atoms with van der Waals surface area (Å²) in [7, 11) is 0. The number of hydrogen-bond acceptors (Lipinski definition) is 2. The minimum absolute atomic E-state index is 0.105. The molecule has 0 amide bonds. The number of ketones is 1. The van der Waals surface area contributed by atoms with Gasteiger partial charge in [0, 0.05) is 22.1 Å². The first-order chi connectivity index (χ1) is 6.99. The van der Waals surface area contributed by atoms with Crippen LogP contribution in [0.15, 0.2) is 12.1 Å². The highest BCUT2D eigenvalue weighted by molar-refractivity contribution is 6.36. The Kier molecular flexibility index (Phi) is 4.14. The van der Waals surface area contributed by atoms with Crippen molar-refractivity contribution in [3.8, 4) is 0 Å². The van der Waals surface area contributed by atoms with Crippen LogP contribution in [-0.2, 0) is 6.61 Å². The van der Waals surface area contributed by atoms with Crippen molar-refractivity contribution in [2.45, 2.75) is 20.5 Å². The summed E-state index contributed by atoms with van der Waals surface area (Å²) >= 11 is 11.8. The Morgan fingerprint density at radius 2 is 1.87 bits per heavy atom. The van der Waals surface area contributed by atoms with E-state index in [-0.39, 0.29) is 18.3 Å². The lowest BCUT2D eigenvalue weighted by molar-refractivity contribution is 0.0936. The number of carbonyl (C=O) groups is 1. The highest BCUT2D eigenvalue weighted by Crippen LogP contribution is 2.29. The number of carbonyl (C=O) groups excluding carboxylic acids is 1. The molecule has 0 saturated carbocycles. The minimum atomic E-state index is -0.285. The van der Waals surface area contributed by atoms with E-state index in [0.717, 1.165) is 0 Å². The topological polar surface area (TPSA) is 37.3 Å². The van der Waals surface area contributed by atoms with Gasteiger partial charge in [-0.1, -0.05) is 37.0 Å². The average Bonchev–Trinajstić information content (AvgIpc) is 2.19. The molecule has 0 saturated heterocycles. The van der Waals surface area contributed by atoms with Crippen LogP contribution in [0.4, 0.5) is 0 Å². The van der Waals surface area contributed by atoms with Gasteiger partial charge in [-0.15, -0.1) is 0 Å². The fraction of sp³-hybridized carbons (Fsp3) is 0.364. The second kappa shape index (κ2) is 4.97. The van der Waals surface area contributed by atoms with Crippen LogP contribution in [0, 0.1) is 5.92 Å². The molecule has 0 spiro atoms. The molecule has 1 aromatic rings. The quantitative estimate of drug-likeness (QED) is 0.832. The van der Waals surface area contributed by atoms with Crippen molar-refractivity contribution in [3.63, 3.8) is 0 Å². The van der Waals surface area contributed by atoms with Gasteiger partial charge in [-0.25, -0.2) is 0 Å². The van der Waals surface area contributed by atoms with Gasteiger partial charge in [0.25, 0.3) is 0 Å². The Morgan fingerprint density at radius 3 is 2.33 bits per heavy atom. The Bertz CT molecular complexity index is 386. The third-order valence-corrected chi connectivity index (χ3v) is 2.80. The molecule has 0 aliphatic rings. The number of aliphatic hydroxyl groups is 1. The first-order valence-electron chi connectivity index (χ1n) is 4.61. The van der Waals surface area contributed by atoms with E-state index in [4.69, 9.17) is 28.3 Å². The van der Waals surface area contributed by atoms with Crippen LogP contribution in [0.5, 0.6) is 0 Å². The number of hydrogen-bond donors (Lipinski definition) is 1. The van der Waals surface area contributed by atoms with E-state index >= 15 is 0 Å². The lowest BCUT2D eigenvalue weighted by Crippen LogP contribution is -2.11. The van der Waals surface area contributed by atoms with Gasteiger partial charge in [0.1, 0.15) is 0 Å². The summed E-state index contributed by atoms with van der Waals surface area (Å²) < 4.78 is 0. The van der Waals surface area contributed by atoms with Gasteiger partial charge in [0.15, 0.2) is 5.78 Å². The first kappa shape index (κ1) is 12.5. The maximum absolute atomic E-state index is 11.8. The molecule has 0 bridgehead atoms. The van der Waals surface area contributed by atoms with Crippen LogP contribution in [0.2, 0.25) is 10.0 Å². The zero-order valence-electron chi connectivity index (χ0n) is 8.55. The molecule has 0 unspecified atom stereocenters. The van der Waals surface area contributed by atoms with E-state index in [1.165, 1.54) is 0 Å². The first-order valence-corrected chi connectivity index (χ1v) is 5.36. The SMILES string of the molecule is CC(C)C(=O)c1c(Cl)ccc(Cl)c1CO. The van der Waals surface area contributed by atoms with E-state index in [9.17, 15) is 4.79 Å². The Morgan fingerprint density at radius 1 is 1.33 bits per heavy atom. The third kappa shape index (κ3) is 2.51. The molecule has 82 valence electrons. The smallest absolute Gasteiger partial charge is 0.167 e.